The van der Waals surface area contributed by atoms with Crippen LogP contribution >= 0.6 is 11.3 Å². The summed E-state index contributed by atoms with van der Waals surface area (Å²) in [5.41, 5.74) is 5.46. The Morgan fingerprint density at radius 1 is 1.58 bits per heavy atom. The lowest BCUT2D eigenvalue weighted by Crippen LogP contribution is -2.20. The number of hydrogen-bond acceptors (Lipinski definition) is 7. The van der Waals surface area contributed by atoms with Crippen molar-refractivity contribution in [3.8, 4) is 10.7 Å². The second-order valence-electron chi connectivity index (χ2n) is 3.42. The summed E-state index contributed by atoms with van der Waals surface area (Å²) < 4.78 is 9.58. The van der Waals surface area contributed by atoms with Crippen molar-refractivity contribution in [2.24, 2.45) is 5.73 Å². The third-order valence-corrected chi connectivity index (χ3v) is 2.88. The van der Waals surface area contributed by atoms with E-state index >= 15 is 0 Å². The van der Waals surface area contributed by atoms with E-state index < -0.39 is 11.8 Å². The summed E-state index contributed by atoms with van der Waals surface area (Å²) in [5.74, 6) is -1.36. The van der Waals surface area contributed by atoms with Crippen molar-refractivity contribution in [1.82, 2.24) is 10.1 Å². The van der Waals surface area contributed by atoms with Crippen LogP contribution < -0.4 is 11.1 Å². The quantitative estimate of drug-likeness (QED) is 0.823. The van der Waals surface area contributed by atoms with Crippen molar-refractivity contribution < 1.29 is 18.8 Å². The summed E-state index contributed by atoms with van der Waals surface area (Å²) in [6.07, 6.45) is 1.56. The predicted octanol–water partition coefficient (Wildman–Crippen LogP) is 0.482. The van der Waals surface area contributed by atoms with Gasteiger partial charge in [0, 0.05) is 18.7 Å². The molecule has 2 aromatic rings. The Morgan fingerprint density at radius 2 is 2.37 bits per heavy atom. The van der Waals surface area contributed by atoms with Crippen molar-refractivity contribution in [3.63, 3.8) is 0 Å². The number of amides is 2. The topological polar surface area (TPSA) is 120 Å². The van der Waals surface area contributed by atoms with E-state index in [1.165, 1.54) is 18.4 Å². The largest absolute Gasteiger partial charge is 0.375 e. The molecule has 0 aliphatic rings. The summed E-state index contributed by atoms with van der Waals surface area (Å²) in [5, 5.41) is 8.26. The Hall–Kier alpha value is -2.26. The Balaban J connectivity index is 2.35. The second-order valence-corrected chi connectivity index (χ2v) is 4.31. The number of primary amides is 1. The van der Waals surface area contributed by atoms with E-state index in [-0.39, 0.29) is 23.7 Å². The van der Waals surface area contributed by atoms with E-state index in [2.05, 4.69) is 20.2 Å². The van der Waals surface area contributed by atoms with E-state index in [0.717, 1.165) is 0 Å². The Bertz CT molecular complexity index is 593. The lowest BCUT2D eigenvalue weighted by molar-refractivity contribution is -0.119. The molecule has 3 N–H and O–H groups in total. The molecule has 0 bridgehead atoms. The summed E-state index contributed by atoms with van der Waals surface area (Å²) in [6.45, 7) is -0.175. The molecule has 0 aromatic carbocycles. The minimum atomic E-state index is -0.765. The number of methoxy groups -OCH3 is 1. The molecule has 0 fully saturated rings. The monoisotopic (exact) mass is 282 g/mol. The van der Waals surface area contributed by atoms with Crippen molar-refractivity contribution in [2.75, 3.05) is 19.0 Å². The highest BCUT2D eigenvalue weighted by molar-refractivity contribution is 7.13. The van der Waals surface area contributed by atoms with Crippen LogP contribution in [0.5, 0.6) is 0 Å². The minimum Gasteiger partial charge on any atom is -0.375 e. The Kier molecular flexibility index (Phi) is 3.88. The highest BCUT2D eigenvalue weighted by Gasteiger charge is 2.24. The van der Waals surface area contributed by atoms with Crippen LogP contribution in [0, 0.1) is 0 Å². The number of anilines is 1. The van der Waals surface area contributed by atoms with Gasteiger partial charge in [-0.2, -0.15) is 0 Å². The molecule has 0 radical (unpaired) electrons. The molecule has 0 saturated heterocycles. The summed E-state index contributed by atoms with van der Waals surface area (Å²) >= 11 is 1.27. The van der Waals surface area contributed by atoms with E-state index in [9.17, 15) is 9.59 Å². The molecule has 8 nitrogen and oxygen atoms in total. The van der Waals surface area contributed by atoms with Crippen molar-refractivity contribution in [1.29, 1.82) is 0 Å². The van der Waals surface area contributed by atoms with Gasteiger partial charge in [-0.05, 0) is 0 Å². The lowest BCUT2D eigenvalue weighted by atomic mass is 10.2. The molecule has 0 spiro atoms. The van der Waals surface area contributed by atoms with Crippen molar-refractivity contribution >= 4 is 29.0 Å². The van der Waals surface area contributed by atoms with Gasteiger partial charge in [-0.3, -0.25) is 14.9 Å². The zero-order valence-corrected chi connectivity index (χ0v) is 10.7. The normalized spacial score (nSPS) is 10.4. The lowest BCUT2D eigenvalue weighted by Gasteiger charge is -2.01. The van der Waals surface area contributed by atoms with E-state index in [1.807, 2.05) is 0 Å². The zero-order valence-electron chi connectivity index (χ0n) is 9.87. The van der Waals surface area contributed by atoms with Crippen LogP contribution in [-0.4, -0.2) is 35.7 Å². The molecular weight excluding hydrogens is 272 g/mol. The highest BCUT2D eigenvalue weighted by atomic mass is 32.1. The molecule has 0 atom stereocenters. The van der Waals surface area contributed by atoms with Gasteiger partial charge in [0.2, 0.25) is 5.88 Å². The third-order valence-electron chi connectivity index (χ3n) is 2.10. The first-order chi connectivity index (χ1) is 9.13. The van der Waals surface area contributed by atoms with Gasteiger partial charge in [0.15, 0.2) is 5.69 Å². The van der Waals surface area contributed by atoms with E-state index in [1.54, 1.807) is 11.6 Å². The molecule has 9 heteroatoms. The van der Waals surface area contributed by atoms with Crippen LogP contribution in [0.2, 0.25) is 0 Å². The molecule has 0 unspecified atom stereocenters. The number of carbonyl (C=O) groups excluding carboxylic acids is 2. The second kappa shape index (κ2) is 5.59. The number of nitrogens with zero attached hydrogens (tertiary/aromatic N) is 2. The van der Waals surface area contributed by atoms with Crippen LogP contribution in [0.25, 0.3) is 10.7 Å². The maximum Gasteiger partial charge on any atom is 0.256 e. The fraction of sp³-hybridized carbons (Fsp3) is 0.200. The number of nitrogens with two attached hydrogens (primary N) is 1. The van der Waals surface area contributed by atoms with E-state index in [4.69, 9.17) is 10.3 Å². The molecule has 2 heterocycles. The van der Waals surface area contributed by atoms with Gasteiger partial charge in [0.05, 0.1) is 0 Å². The summed E-state index contributed by atoms with van der Waals surface area (Å²) in [7, 11) is 1.37. The van der Waals surface area contributed by atoms with Gasteiger partial charge in [-0.25, -0.2) is 4.98 Å². The van der Waals surface area contributed by atoms with Crippen molar-refractivity contribution in [2.45, 2.75) is 0 Å². The van der Waals surface area contributed by atoms with Crippen LogP contribution in [0.1, 0.15) is 10.4 Å². The van der Waals surface area contributed by atoms with Gasteiger partial charge in [0.1, 0.15) is 17.2 Å². The average Bonchev–Trinajstić information content (AvgIpc) is 2.96. The maximum absolute atomic E-state index is 11.5. The zero-order chi connectivity index (χ0) is 13.8. The smallest absolute Gasteiger partial charge is 0.256 e. The molecule has 0 aliphatic heterocycles. The number of rotatable bonds is 5. The first-order valence-corrected chi connectivity index (χ1v) is 5.99. The molecule has 19 heavy (non-hydrogen) atoms. The van der Waals surface area contributed by atoms with Crippen LogP contribution in [0.3, 0.4) is 0 Å². The molecule has 2 amide bonds. The fourth-order valence-corrected chi connectivity index (χ4v) is 2.01. The number of hydrogen-bond donors (Lipinski definition) is 2. The van der Waals surface area contributed by atoms with Gasteiger partial charge >= 0.3 is 0 Å². The van der Waals surface area contributed by atoms with Crippen LogP contribution in [-0.2, 0) is 9.53 Å². The van der Waals surface area contributed by atoms with Gasteiger partial charge in [-0.1, -0.05) is 5.16 Å². The number of ether oxygens (including phenoxy) is 1. The first-order valence-electron chi connectivity index (χ1n) is 5.11. The summed E-state index contributed by atoms with van der Waals surface area (Å²) in [4.78, 5) is 26.9. The molecule has 2 aromatic heterocycles. The Labute approximate surface area is 111 Å². The minimum absolute atomic E-state index is 0.0144. The molecule has 100 valence electrons. The molecular formula is C10H10N4O4S. The Morgan fingerprint density at radius 3 is 2.95 bits per heavy atom. The molecule has 0 aliphatic carbocycles. The first kappa shape index (κ1) is 13.2. The third kappa shape index (κ3) is 2.77. The van der Waals surface area contributed by atoms with Crippen LogP contribution in [0.4, 0.5) is 5.88 Å². The van der Waals surface area contributed by atoms with Gasteiger partial charge in [0.25, 0.3) is 11.8 Å². The molecule has 0 saturated carbocycles. The average molecular weight is 282 g/mol. The maximum atomic E-state index is 11.5. The number of nitrogens with one attached hydrogen (secondary N) is 1. The highest BCUT2D eigenvalue weighted by Crippen LogP contribution is 2.29. The number of aromatic nitrogens is 2. The van der Waals surface area contributed by atoms with Crippen LogP contribution in [0.15, 0.2) is 16.1 Å². The number of thiazole rings is 1. The predicted molar refractivity (Wildman–Crippen MR) is 66.6 cm³/mol. The number of carbonyl (C=O) groups is 2. The summed E-state index contributed by atoms with van der Waals surface area (Å²) in [6, 6.07) is 0. The van der Waals surface area contributed by atoms with E-state index in [0.29, 0.717) is 5.01 Å². The molecule has 2 rings (SSSR count). The van der Waals surface area contributed by atoms with Gasteiger partial charge in [-0.15, -0.1) is 11.3 Å². The fourth-order valence-electron chi connectivity index (χ4n) is 1.38. The van der Waals surface area contributed by atoms with Gasteiger partial charge < -0.3 is 15.0 Å². The van der Waals surface area contributed by atoms with Crippen molar-refractivity contribution in [3.05, 3.63) is 17.1 Å². The standard InChI is InChI=1S/C10H10N4O4S/c1-17-4-5(15)13-9-6(8(11)16)7(14-18-9)10-12-2-3-19-10/h2-3H,4H2,1H3,(H2,11,16)(H,13,15). The SMILES string of the molecule is COCC(=O)Nc1onc(-c2nccs2)c1C(N)=O.